The molecule has 0 atom stereocenters. The summed E-state index contributed by atoms with van der Waals surface area (Å²) in [6, 6.07) is 10.4. The van der Waals surface area contributed by atoms with Gasteiger partial charge >= 0.3 is 5.91 Å². The van der Waals surface area contributed by atoms with Crippen molar-refractivity contribution in [3.63, 3.8) is 0 Å². The van der Waals surface area contributed by atoms with E-state index in [1.165, 1.54) is 24.3 Å². The fraction of sp³-hybridized carbons (Fsp3) is 0.111. The Morgan fingerprint density at radius 1 is 0.957 bits per heavy atom. The lowest BCUT2D eigenvalue weighted by Crippen LogP contribution is -2.32. The summed E-state index contributed by atoms with van der Waals surface area (Å²) >= 11 is 0. The molecule has 2 amide bonds. The van der Waals surface area contributed by atoms with Crippen LogP contribution in [-0.2, 0) is 9.59 Å². The average molecular weight is 311 g/mol. The highest BCUT2D eigenvalue weighted by Gasteiger charge is 2.40. The van der Waals surface area contributed by atoms with Crippen LogP contribution in [0.4, 0.5) is 10.1 Å². The van der Waals surface area contributed by atoms with Crippen molar-refractivity contribution in [2.45, 2.75) is 13.8 Å². The summed E-state index contributed by atoms with van der Waals surface area (Å²) in [4.78, 5) is 25.9. The summed E-state index contributed by atoms with van der Waals surface area (Å²) in [5, 5.41) is 10.1. The Kier molecular flexibility index (Phi) is 3.48. The maximum absolute atomic E-state index is 13.0. The van der Waals surface area contributed by atoms with Crippen LogP contribution in [0.5, 0.6) is 0 Å². The number of aliphatic hydroxyl groups excluding tert-OH is 1. The molecular weight excluding hydrogens is 297 g/mol. The second-order valence-electron chi connectivity index (χ2n) is 5.47. The van der Waals surface area contributed by atoms with Gasteiger partial charge in [-0.3, -0.25) is 9.59 Å². The van der Waals surface area contributed by atoms with Gasteiger partial charge in [-0.05, 0) is 43.2 Å². The zero-order valence-corrected chi connectivity index (χ0v) is 12.6. The molecule has 0 radical (unpaired) electrons. The van der Waals surface area contributed by atoms with Crippen LogP contribution in [0, 0.1) is 19.7 Å². The number of carbonyl (C=O) groups is 2. The average Bonchev–Trinajstić information content (AvgIpc) is 2.72. The van der Waals surface area contributed by atoms with Gasteiger partial charge in [0.05, 0.1) is 11.3 Å². The van der Waals surface area contributed by atoms with Crippen LogP contribution in [0.1, 0.15) is 16.7 Å². The lowest BCUT2D eigenvalue weighted by atomic mass is 10.1. The Labute approximate surface area is 132 Å². The minimum absolute atomic E-state index is 0.116. The van der Waals surface area contributed by atoms with E-state index in [4.69, 9.17) is 0 Å². The number of hydrogen-bond donors (Lipinski definition) is 1. The quantitative estimate of drug-likeness (QED) is 0.866. The molecule has 0 unspecified atom stereocenters. The first kappa shape index (κ1) is 15.0. The zero-order chi connectivity index (χ0) is 16.7. The summed E-state index contributed by atoms with van der Waals surface area (Å²) in [5.41, 5.74) is 2.36. The van der Waals surface area contributed by atoms with Gasteiger partial charge in [0.2, 0.25) is 0 Å². The minimum Gasteiger partial charge on any atom is -0.502 e. The zero-order valence-electron chi connectivity index (χ0n) is 12.6. The van der Waals surface area contributed by atoms with E-state index >= 15 is 0 Å². The molecule has 1 heterocycles. The molecule has 4 nitrogen and oxygen atoms in total. The molecule has 2 aromatic rings. The molecule has 0 fully saturated rings. The first-order valence-electron chi connectivity index (χ1n) is 7.05. The predicted octanol–water partition coefficient (Wildman–Crippen LogP) is 3.29. The smallest absolute Gasteiger partial charge is 0.301 e. The molecule has 3 rings (SSSR count). The van der Waals surface area contributed by atoms with Gasteiger partial charge in [-0.1, -0.05) is 29.8 Å². The monoisotopic (exact) mass is 311 g/mol. The van der Waals surface area contributed by atoms with E-state index in [2.05, 4.69) is 0 Å². The number of hydrogen-bond acceptors (Lipinski definition) is 3. The van der Waals surface area contributed by atoms with E-state index < -0.39 is 23.4 Å². The van der Waals surface area contributed by atoms with Gasteiger partial charge in [0.25, 0.3) is 5.91 Å². The Hall–Kier alpha value is -2.95. The van der Waals surface area contributed by atoms with Crippen molar-refractivity contribution >= 4 is 23.1 Å². The number of halogens is 1. The third kappa shape index (κ3) is 2.40. The van der Waals surface area contributed by atoms with Crippen molar-refractivity contribution < 1.29 is 19.1 Å². The second-order valence-corrected chi connectivity index (χ2v) is 5.47. The Morgan fingerprint density at radius 3 is 2.22 bits per heavy atom. The van der Waals surface area contributed by atoms with Crippen LogP contribution in [-0.4, -0.2) is 16.9 Å². The van der Waals surface area contributed by atoms with Gasteiger partial charge in [-0.25, -0.2) is 9.29 Å². The number of aryl methyl sites for hydroxylation is 2. The number of amides is 2. The molecule has 1 aliphatic heterocycles. The fourth-order valence-electron chi connectivity index (χ4n) is 2.67. The van der Waals surface area contributed by atoms with Gasteiger partial charge in [0.15, 0.2) is 5.76 Å². The molecule has 0 aromatic heterocycles. The highest BCUT2D eigenvalue weighted by molar-refractivity contribution is 6.45. The molecule has 2 aromatic carbocycles. The number of imide groups is 1. The summed E-state index contributed by atoms with van der Waals surface area (Å²) in [6.07, 6.45) is 0. The highest BCUT2D eigenvalue weighted by Crippen LogP contribution is 2.33. The van der Waals surface area contributed by atoms with E-state index in [9.17, 15) is 19.1 Å². The summed E-state index contributed by atoms with van der Waals surface area (Å²) in [6.45, 7) is 3.69. The third-order valence-electron chi connectivity index (χ3n) is 3.79. The van der Waals surface area contributed by atoms with Gasteiger partial charge in [-0.15, -0.1) is 0 Å². The normalized spacial score (nSPS) is 14.8. The third-order valence-corrected chi connectivity index (χ3v) is 3.79. The first-order chi connectivity index (χ1) is 10.9. The topological polar surface area (TPSA) is 57.6 Å². The van der Waals surface area contributed by atoms with Crippen molar-refractivity contribution in [1.29, 1.82) is 0 Å². The molecule has 0 saturated heterocycles. The van der Waals surface area contributed by atoms with Crippen molar-refractivity contribution in [1.82, 2.24) is 0 Å². The molecule has 0 bridgehead atoms. The predicted molar refractivity (Wildman–Crippen MR) is 84.4 cm³/mol. The van der Waals surface area contributed by atoms with Crippen LogP contribution < -0.4 is 4.90 Å². The van der Waals surface area contributed by atoms with Crippen molar-refractivity contribution in [3.8, 4) is 0 Å². The molecular formula is C18H14FNO3. The number of rotatable bonds is 2. The molecule has 116 valence electrons. The van der Waals surface area contributed by atoms with Crippen LogP contribution in [0.3, 0.4) is 0 Å². The largest absolute Gasteiger partial charge is 0.502 e. The lowest BCUT2D eigenvalue weighted by Gasteiger charge is -2.17. The van der Waals surface area contributed by atoms with Crippen LogP contribution in [0.25, 0.3) is 5.57 Å². The maximum atomic E-state index is 13.0. The number of nitrogens with zero attached hydrogens (tertiary/aromatic N) is 1. The number of aliphatic hydroxyl groups is 1. The van der Waals surface area contributed by atoms with E-state index in [-0.39, 0.29) is 5.57 Å². The molecule has 1 N–H and O–H groups in total. The summed E-state index contributed by atoms with van der Waals surface area (Å²) in [7, 11) is 0. The molecule has 5 heteroatoms. The Bertz CT molecular complexity index is 853. The van der Waals surface area contributed by atoms with Gasteiger partial charge in [0.1, 0.15) is 5.82 Å². The van der Waals surface area contributed by atoms with Gasteiger partial charge in [0, 0.05) is 0 Å². The SMILES string of the molecule is Cc1ccc(N2C(=O)C(O)=C(c3ccc(F)cc3)C2=O)c(C)c1. The highest BCUT2D eigenvalue weighted by atomic mass is 19.1. The minimum atomic E-state index is -0.777. The number of benzene rings is 2. The molecule has 23 heavy (non-hydrogen) atoms. The second kappa shape index (κ2) is 5.35. The number of carbonyl (C=O) groups excluding carboxylic acids is 2. The maximum Gasteiger partial charge on any atom is 0.301 e. The van der Waals surface area contributed by atoms with Crippen LogP contribution in [0.2, 0.25) is 0 Å². The van der Waals surface area contributed by atoms with Crippen LogP contribution in [0.15, 0.2) is 48.2 Å². The molecule has 0 aliphatic carbocycles. The van der Waals surface area contributed by atoms with E-state index in [1.807, 2.05) is 13.0 Å². The van der Waals surface area contributed by atoms with Crippen molar-refractivity contribution in [3.05, 3.63) is 70.7 Å². The molecule has 0 saturated carbocycles. The molecule has 1 aliphatic rings. The summed E-state index contributed by atoms with van der Waals surface area (Å²) in [5.74, 6) is -2.48. The fourth-order valence-corrected chi connectivity index (χ4v) is 2.67. The lowest BCUT2D eigenvalue weighted by molar-refractivity contribution is -0.121. The van der Waals surface area contributed by atoms with Gasteiger partial charge < -0.3 is 5.11 Å². The van der Waals surface area contributed by atoms with Crippen molar-refractivity contribution in [2.24, 2.45) is 0 Å². The standard InChI is InChI=1S/C18H14FNO3/c1-10-3-8-14(11(2)9-10)20-17(22)15(16(21)18(20)23)12-4-6-13(19)7-5-12/h3-9,21H,1-2H3. The summed E-state index contributed by atoms with van der Waals surface area (Å²) < 4.78 is 13.0. The van der Waals surface area contributed by atoms with Crippen LogP contribution >= 0.6 is 0 Å². The Balaban J connectivity index is 2.07. The Morgan fingerprint density at radius 2 is 1.61 bits per heavy atom. The van der Waals surface area contributed by atoms with E-state index in [0.29, 0.717) is 11.3 Å². The number of anilines is 1. The van der Waals surface area contributed by atoms with E-state index in [0.717, 1.165) is 16.0 Å². The van der Waals surface area contributed by atoms with Crippen molar-refractivity contribution in [2.75, 3.05) is 4.90 Å². The van der Waals surface area contributed by atoms with Gasteiger partial charge in [-0.2, -0.15) is 0 Å². The first-order valence-corrected chi connectivity index (χ1v) is 7.05. The molecule has 0 spiro atoms. The van der Waals surface area contributed by atoms with E-state index in [1.54, 1.807) is 19.1 Å².